The van der Waals surface area contributed by atoms with Crippen molar-refractivity contribution in [1.82, 2.24) is 10.2 Å². The summed E-state index contributed by atoms with van der Waals surface area (Å²) in [4.78, 5) is 14.4. The molecule has 0 fully saturated rings. The van der Waals surface area contributed by atoms with Crippen molar-refractivity contribution < 1.29 is 4.79 Å². The van der Waals surface area contributed by atoms with Crippen LogP contribution in [0, 0.1) is 12.8 Å². The molecule has 1 heterocycles. The highest BCUT2D eigenvalue weighted by Crippen LogP contribution is 2.31. The van der Waals surface area contributed by atoms with Gasteiger partial charge < -0.3 is 15.5 Å². The van der Waals surface area contributed by atoms with E-state index in [2.05, 4.69) is 56.5 Å². The van der Waals surface area contributed by atoms with Crippen LogP contribution in [0.15, 0.2) is 18.2 Å². The zero-order valence-corrected chi connectivity index (χ0v) is 13.7. The summed E-state index contributed by atoms with van der Waals surface area (Å²) < 4.78 is 0. The van der Waals surface area contributed by atoms with E-state index in [9.17, 15) is 4.79 Å². The van der Waals surface area contributed by atoms with E-state index in [-0.39, 0.29) is 11.9 Å². The molecule has 0 spiro atoms. The fourth-order valence-electron chi connectivity index (χ4n) is 2.86. The molecular formula is C17H27N3O. The van der Waals surface area contributed by atoms with Gasteiger partial charge in [0.15, 0.2) is 0 Å². The van der Waals surface area contributed by atoms with Crippen LogP contribution in [0.4, 0.5) is 5.69 Å². The Morgan fingerprint density at radius 3 is 2.67 bits per heavy atom. The van der Waals surface area contributed by atoms with Crippen LogP contribution in [0.5, 0.6) is 0 Å². The van der Waals surface area contributed by atoms with Crippen molar-refractivity contribution in [2.24, 2.45) is 5.92 Å². The topological polar surface area (TPSA) is 44.4 Å². The molecular weight excluding hydrogens is 262 g/mol. The van der Waals surface area contributed by atoms with Crippen molar-refractivity contribution in [1.29, 1.82) is 0 Å². The lowest BCUT2D eigenvalue weighted by Gasteiger charge is -2.27. The lowest BCUT2D eigenvalue weighted by Crippen LogP contribution is -2.41. The average molecular weight is 289 g/mol. The minimum Gasteiger partial charge on any atom is -0.324 e. The number of benzene rings is 1. The Kier molecular flexibility index (Phi) is 5.01. The lowest BCUT2D eigenvalue weighted by atomic mass is 10.0. The van der Waals surface area contributed by atoms with Gasteiger partial charge in [0.25, 0.3) is 0 Å². The van der Waals surface area contributed by atoms with E-state index < -0.39 is 0 Å². The Labute approximate surface area is 127 Å². The number of hydrogen-bond acceptors (Lipinski definition) is 3. The Hall–Kier alpha value is -1.39. The summed E-state index contributed by atoms with van der Waals surface area (Å²) in [6.07, 6.45) is 1.12. The SMILES string of the molecule is Cc1ccc2c(c1)C(NCC(CC(C)C)N(C)C)C(=O)N2. The molecule has 0 aliphatic carbocycles. The third kappa shape index (κ3) is 3.83. The van der Waals surface area contributed by atoms with Crippen LogP contribution in [-0.4, -0.2) is 37.5 Å². The second-order valence-electron chi connectivity index (χ2n) is 6.67. The summed E-state index contributed by atoms with van der Waals surface area (Å²) in [6, 6.07) is 6.32. The molecule has 0 saturated heterocycles. The van der Waals surface area contributed by atoms with Crippen LogP contribution in [0.3, 0.4) is 0 Å². The maximum Gasteiger partial charge on any atom is 0.246 e. The van der Waals surface area contributed by atoms with Crippen LogP contribution in [0.2, 0.25) is 0 Å². The maximum atomic E-state index is 12.2. The van der Waals surface area contributed by atoms with E-state index in [1.807, 2.05) is 12.1 Å². The van der Waals surface area contributed by atoms with Crippen molar-refractivity contribution >= 4 is 11.6 Å². The standard InChI is InChI=1S/C17H27N3O/c1-11(2)8-13(20(4)5)10-18-16-14-9-12(3)6-7-15(14)19-17(16)21/h6-7,9,11,13,16,18H,8,10H2,1-5H3,(H,19,21). The molecule has 21 heavy (non-hydrogen) atoms. The molecule has 4 nitrogen and oxygen atoms in total. The van der Waals surface area contributed by atoms with E-state index in [1.54, 1.807) is 0 Å². The number of likely N-dealkylation sites (N-methyl/N-ethyl adjacent to an activating group) is 1. The van der Waals surface area contributed by atoms with E-state index >= 15 is 0 Å². The fourth-order valence-corrected chi connectivity index (χ4v) is 2.86. The van der Waals surface area contributed by atoms with Gasteiger partial charge in [-0.25, -0.2) is 0 Å². The lowest BCUT2D eigenvalue weighted by molar-refractivity contribution is -0.117. The number of hydrogen-bond donors (Lipinski definition) is 2. The Morgan fingerprint density at radius 2 is 2.05 bits per heavy atom. The van der Waals surface area contributed by atoms with Gasteiger partial charge >= 0.3 is 0 Å². The predicted octanol–water partition coefficient (Wildman–Crippen LogP) is 2.55. The Bertz CT molecular complexity index is 511. The molecule has 2 unspecified atom stereocenters. The first kappa shape index (κ1) is 16.0. The first-order valence-electron chi connectivity index (χ1n) is 7.69. The van der Waals surface area contributed by atoms with Crippen LogP contribution < -0.4 is 10.6 Å². The number of rotatable bonds is 6. The molecule has 1 aromatic rings. The summed E-state index contributed by atoms with van der Waals surface area (Å²) in [5.41, 5.74) is 3.19. The van der Waals surface area contributed by atoms with Gasteiger partial charge in [0.2, 0.25) is 5.91 Å². The Balaban J connectivity index is 2.06. The van der Waals surface area contributed by atoms with E-state index in [0.717, 1.165) is 24.2 Å². The summed E-state index contributed by atoms with van der Waals surface area (Å²) in [5.74, 6) is 0.698. The second kappa shape index (κ2) is 6.58. The predicted molar refractivity (Wildman–Crippen MR) is 87.5 cm³/mol. The number of nitrogens with one attached hydrogen (secondary N) is 2. The van der Waals surface area contributed by atoms with Gasteiger partial charge in [-0.2, -0.15) is 0 Å². The molecule has 0 saturated carbocycles. The van der Waals surface area contributed by atoms with Gasteiger partial charge in [0, 0.05) is 23.8 Å². The van der Waals surface area contributed by atoms with Gasteiger partial charge in [-0.1, -0.05) is 31.5 Å². The first-order chi connectivity index (χ1) is 9.88. The molecule has 4 heteroatoms. The number of carbonyl (C=O) groups excluding carboxylic acids is 1. The van der Waals surface area contributed by atoms with Crippen molar-refractivity contribution in [3.05, 3.63) is 29.3 Å². The first-order valence-corrected chi connectivity index (χ1v) is 7.69. The van der Waals surface area contributed by atoms with Crippen molar-refractivity contribution in [3.8, 4) is 0 Å². The van der Waals surface area contributed by atoms with Gasteiger partial charge in [0.05, 0.1) is 0 Å². The number of carbonyl (C=O) groups is 1. The Morgan fingerprint density at radius 1 is 1.33 bits per heavy atom. The van der Waals surface area contributed by atoms with E-state index in [4.69, 9.17) is 0 Å². The third-order valence-corrected chi connectivity index (χ3v) is 4.07. The molecule has 0 radical (unpaired) electrons. The zero-order valence-electron chi connectivity index (χ0n) is 13.7. The molecule has 116 valence electrons. The summed E-state index contributed by atoms with van der Waals surface area (Å²) >= 11 is 0. The van der Waals surface area contributed by atoms with Crippen molar-refractivity contribution in [2.75, 3.05) is 26.0 Å². The number of fused-ring (bicyclic) bond motifs is 1. The second-order valence-corrected chi connectivity index (χ2v) is 6.67. The smallest absolute Gasteiger partial charge is 0.246 e. The molecule has 1 amide bonds. The van der Waals surface area contributed by atoms with Crippen LogP contribution >= 0.6 is 0 Å². The maximum absolute atomic E-state index is 12.2. The van der Waals surface area contributed by atoms with Crippen molar-refractivity contribution in [3.63, 3.8) is 0 Å². The number of anilines is 1. The molecule has 1 aromatic carbocycles. The summed E-state index contributed by atoms with van der Waals surface area (Å²) in [7, 11) is 4.20. The minimum absolute atomic E-state index is 0.0534. The van der Waals surface area contributed by atoms with Crippen LogP contribution in [0.1, 0.15) is 37.4 Å². The van der Waals surface area contributed by atoms with E-state index in [1.165, 1.54) is 5.56 Å². The number of amides is 1. The van der Waals surface area contributed by atoms with Gasteiger partial charge in [-0.3, -0.25) is 4.79 Å². The van der Waals surface area contributed by atoms with Gasteiger partial charge in [-0.15, -0.1) is 0 Å². The highest BCUT2D eigenvalue weighted by Gasteiger charge is 2.30. The third-order valence-electron chi connectivity index (χ3n) is 4.07. The molecule has 1 aliphatic rings. The fraction of sp³-hybridized carbons (Fsp3) is 0.588. The largest absolute Gasteiger partial charge is 0.324 e. The molecule has 1 aliphatic heterocycles. The average Bonchev–Trinajstić information content (AvgIpc) is 2.69. The summed E-state index contributed by atoms with van der Waals surface area (Å²) in [5, 5.41) is 6.40. The molecule has 2 N–H and O–H groups in total. The van der Waals surface area contributed by atoms with Crippen LogP contribution in [-0.2, 0) is 4.79 Å². The highest BCUT2D eigenvalue weighted by atomic mass is 16.2. The van der Waals surface area contributed by atoms with Gasteiger partial charge in [-0.05, 0) is 39.4 Å². The van der Waals surface area contributed by atoms with E-state index in [0.29, 0.717) is 12.0 Å². The monoisotopic (exact) mass is 289 g/mol. The highest BCUT2D eigenvalue weighted by molar-refractivity contribution is 6.02. The quantitative estimate of drug-likeness (QED) is 0.846. The molecule has 0 aromatic heterocycles. The minimum atomic E-state index is -0.227. The molecule has 2 rings (SSSR count). The molecule has 2 atom stereocenters. The van der Waals surface area contributed by atoms with Crippen LogP contribution in [0.25, 0.3) is 0 Å². The summed E-state index contributed by atoms with van der Waals surface area (Å²) in [6.45, 7) is 7.34. The zero-order chi connectivity index (χ0) is 15.6. The normalized spacial score (nSPS) is 19.0. The van der Waals surface area contributed by atoms with Gasteiger partial charge in [0.1, 0.15) is 6.04 Å². The molecule has 0 bridgehead atoms. The van der Waals surface area contributed by atoms with Crippen molar-refractivity contribution in [2.45, 2.75) is 39.3 Å². The number of nitrogens with zero attached hydrogens (tertiary/aromatic N) is 1. The number of aryl methyl sites for hydroxylation is 1.